The first-order valence-electron chi connectivity index (χ1n) is 11.3. The van der Waals surface area contributed by atoms with Gasteiger partial charge in [-0.2, -0.15) is 0 Å². The lowest BCUT2D eigenvalue weighted by atomic mass is 10.1. The Morgan fingerprint density at radius 1 is 1.03 bits per heavy atom. The van der Waals surface area contributed by atoms with Crippen LogP contribution in [0.15, 0.2) is 42.6 Å². The molecule has 162 valence electrons. The lowest BCUT2D eigenvalue weighted by Crippen LogP contribution is -2.31. The third-order valence-electron chi connectivity index (χ3n) is 5.62. The standard InChI is InChI=1S/C25H30N4O2/c1-2-3-4-5-6-7-16-31-19-10-8-18(9-11-19)24-26-14-13-22(29-24)23-17-20-21(28-23)12-15-27-25(20)30/h8-11,13-14,17,28H,2-7,12,15-16H2,1H3,(H,27,30). The summed E-state index contributed by atoms with van der Waals surface area (Å²) in [6, 6.07) is 11.7. The number of amides is 1. The maximum absolute atomic E-state index is 12.0. The van der Waals surface area contributed by atoms with Gasteiger partial charge >= 0.3 is 0 Å². The SMILES string of the molecule is CCCCCCCCOc1ccc(-c2nccc(-c3cc4c([nH]3)CCNC4=O)n2)cc1. The quantitative estimate of drug-likeness (QED) is 0.446. The summed E-state index contributed by atoms with van der Waals surface area (Å²) in [5, 5.41) is 2.87. The summed E-state index contributed by atoms with van der Waals surface area (Å²) < 4.78 is 5.87. The lowest BCUT2D eigenvalue weighted by Gasteiger charge is -2.10. The van der Waals surface area contributed by atoms with Crippen molar-refractivity contribution in [3.8, 4) is 28.5 Å². The van der Waals surface area contributed by atoms with Crippen LogP contribution in [0.1, 0.15) is 61.5 Å². The molecule has 0 spiro atoms. The fourth-order valence-corrected chi connectivity index (χ4v) is 3.85. The predicted octanol–water partition coefficient (Wildman–Crippen LogP) is 5.16. The van der Waals surface area contributed by atoms with Crippen molar-refractivity contribution >= 4 is 5.91 Å². The predicted molar refractivity (Wildman–Crippen MR) is 122 cm³/mol. The van der Waals surface area contributed by atoms with Gasteiger partial charge in [0, 0.05) is 30.4 Å². The summed E-state index contributed by atoms with van der Waals surface area (Å²) in [5.74, 6) is 1.49. The molecule has 1 aliphatic rings. The van der Waals surface area contributed by atoms with Crippen molar-refractivity contribution in [2.24, 2.45) is 0 Å². The molecule has 0 atom stereocenters. The molecule has 0 saturated heterocycles. The Balaban J connectivity index is 1.37. The number of nitrogens with zero attached hydrogens (tertiary/aromatic N) is 2. The summed E-state index contributed by atoms with van der Waals surface area (Å²) in [4.78, 5) is 24.5. The van der Waals surface area contributed by atoms with E-state index < -0.39 is 0 Å². The Hall–Kier alpha value is -3.15. The number of hydrogen-bond acceptors (Lipinski definition) is 4. The number of nitrogens with one attached hydrogen (secondary N) is 2. The monoisotopic (exact) mass is 418 g/mol. The van der Waals surface area contributed by atoms with Gasteiger partial charge in [0.15, 0.2) is 5.82 Å². The average molecular weight is 419 g/mol. The van der Waals surface area contributed by atoms with E-state index in [1.54, 1.807) is 6.20 Å². The fourth-order valence-electron chi connectivity index (χ4n) is 3.85. The van der Waals surface area contributed by atoms with Gasteiger partial charge in [0.2, 0.25) is 0 Å². The molecule has 4 rings (SSSR count). The number of benzene rings is 1. The van der Waals surface area contributed by atoms with Gasteiger partial charge in [0.25, 0.3) is 5.91 Å². The number of H-pyrrole nitrogens is 1. The van der Waals surface area contributed by atoms with E-state index in [1.165, 1.54) is 32.1 Å². The zero-order valence-electron chi connectivity index (χ0n) is 18.1. The molecule has 3 aromatic rings. The number of aromatic amines is 1. The van der Waals surface area contributed by atoms with Gasteiger partial charge in [-0.05, 0) is 42.8 Å². The van der Waals surface area contributed by atoms with E-state index in [9.17, 15) is 4.79 Å². The topological polar surface area (TPSA) is 79.9 Å². The summed E-state index contributed by atoms with van der Waals surface area (Å²) in [6.45, 7) is 3.65. The molecule has 0 unspecified atom stereocenters. The lowest BCUT2D eigenvalue weighted by molar-refractivity contribution is 0.0946. The summed E-state index contributed by atoms with van der Waals surface area (Å²) in [5.41, 5.74) is 4.21. The van der Waals surface area contributed by atoms with Crippen molar-refractivity contribution < 1.29 is 9.53 Å². The molecule has 1 amide bonds. The molecule has 2 aromatic heterocycles. The minimum Gasteiger partial charge on any atom is -0.494 e. The highest BCUT2D eigenvalue weighted by Crippen LogP contribution is 2.25. The second-order valence-electron chi connectivity index (χ2n) is 7.99. The van der Waals surface area contributed by atoms with Crippen LogP contribution in [0.2, 0.25) is 0 Å². The molecule has 0 aliphatic carbocycles. The Labute approximate surface area is 183 Å². The molecule has 6 nitrogen and oxygen atoms in total. The van der Waals surface area contributed by atoms with Crippen molar-refractivity contribution in [3.05, 3.63) is 53.9 Å². The van der Waals surface area contributed by atoms with Crippen LogP contribution in [0.25, 0.3) is 22.8 Å². The Bertz CT molecular complexity index is 1010. The van der Waals surface area contributed by atoms with Gasteiger partial charge in [-0.15, -0.1) is 0 Å². The number of ether oxygens (including phenoxy) is 1. The highest BCUT2D eigenvalue weighted by Gasteiger charge is 2.20. The number of carbonyl (C=O) groups is 1. The molecule has 1 aliphatic heterocycles. The van der Waals surface area contributed by atoms with Crippen molar-refractivity contribution in [3.63, 3.8) is 0 Å². The van der Waals surface area contributed by atoms with Crippen LogP contribution in [0.5, 0.6) is 5.75 Å². The number of unbranched alkanes of at least 4 members (excludes halogenated alkanes) is 5. The zero-order valence-corrected chi connectivity index (χ0v) is 18.1. The maximum atomic E-state index is 12.0. The van der Waals surface area contributed by atoms with Gasteiger partial charge in [-0.25, -0.2) is 9.97 Å². The van der Waals surface area contributed by atoms with Crippen LogP contribution in [0.3, 0.4) is 0 Å². The Kier molecular flexibility index (Phi) is 6.97. The smallest absolute Gasteiger partial charge is 0.253 e. The van der Waals surface area contributed by atoms with E-state index in [0.29, 0.717) is 17.9 Å². The molecular weight excluding hydrogens is 388 g/mol. The number of carbonyl (C=O) groups excluding carboxylic acids is 1. The van der Waals surface area contributed by atoms with E-state index in [2.05, 4.69) is 22.2 Å². The molecule has 31 heavy (non-hydrogen) atoms. The van der Waals surface area contributed by atoms with Crippen molar-refractivity contribution in [1.29, 1.82) is 0 Å². The minimum absolute atomic E-state index is 0.0328. The van der Waals surface area contributed by atoms with Crippen molar-refractivity contribution in [2.75, 3.05) is 13.2 Å². The first kappa shape index (κ1) is 21.1. The van der Waals surface area contributed by atoms with E-state index in [4.69, 9.17) is 9.72 Å². The highest BCUT2D eigenvalue weighted by atomic mass is 16.5. The van der Waals surface area contributed by atoms with Crippen molar-refractivity contribution in [1.82, 2.24) is 20.3 Å². The molecule has 6 heteroatoms. The van der Waals surface area contributed by atoms with E-state index in [0.717, 1.165) is 47.8 Å². The zero-order chi connectivity index (χ0) is 21.5. The number of aromatic nitrogens is 3. The van der Waals surface area contributed by atoms with E-state index >= 15 is 0 Å². The summed E-state index contributed by atoms with van der Waals surface area (Å²) >= 11 is 0. The van der Waals surface area contributed by atoms with Crippen LogP contribution < -0.4 is 10.1 Å². The molecule has 0 saturated carbocycles. The number of fused-ring (bicyclic) bond motifs is 1. The molecule has 0 radical (unpaired) electrons. The Morgan fingerprint density at radius 2 is 1.84 bits per heavy atom. The largest absolute Gasteiger partial charge is 0.494 e. The third kappa shape index (κ3) is 5.32. The van der Waals surface area contributed by atoms with Crippen LogP contribution in [0, 0.1) is 0 Å². The molecule has 1 aromatic carbocycles. The van der Waals surface area contributed by atoms with Gasteiger partial charge in [0.1, 0.15) is 5.75 Å². The van der Waals surface area contributed by atoms with Crippen LogP contribution in [-0.2, 0) is 6.42 Å². The highest BCUT2D eigenvalue weighted by molar-refractivity contribution is 5.97. The van der Waals surface area contributed by atoms with E-state index in [1.807, 2.05) is 36.4 Å². The van der Waals surface area contributed by atoms with E-state index in [-0.39, 0.29) is 5.91 Å². The summed E-state index contributed by atoms with van der Waals surface area (Å²) in [6.07, 6.45) is 10.1. The second kappa shape index (κ2) is 10.2. The van der Waals surface area contributed by atoms with Gasteiger partial charge in [0.05, 0.1) is 23.6 Å². The van der Waals surface area contributed by atoms with Crippen LogP contribution in [0.4, 0.5) is 0 Å². The number of hydrogen-bond donors (Lipinski definition) is 2. The normalized spacial score (nSPS) is 13.0. The maximum Gasteiger partial charge on any atom is 0.253 e. The average Bonchev–Trinajstić information content (AvgIpc) is 3.25. The Morgan fingerprint density at radius 3 is 2.65 bits per heavy atom. The van der Waals surface area contributed by atoms with Gasteiger partial charge in [-0.3, -0.25) is 4.79 Å². The summed E-state index contributed by atoms with van der Waals surface area (Å²) in [7, 11) is 0. The minimum atomic E-state index is -0.0328. The third-order valence-corrected chi connectivity index (χ3v) is 5.62. The van der Waals surface area contributed by atoms with Crippen LogP contribution in [-0.4, -0.2) is 34.0 Å². The van der Waals surface area contributed by atoms with Crippen molar-refractivity contribution in [2.45, 2.75) is 51.9 Å². The molecule has 3 heterocycles. The van der Waals surface area contributed by atoms with Gasteiger partial charge < -0.3 is 15.0 Å². The van der Waals surface area contributed by atoms with Crippen LogP contribution >= 0.6 is 0 Å². The van der Waals surface area contributed by atoms with Gasteiger partial charge in [-0.1, -0.05) is 39.0 Å². The molecule has 2 N–H and O–H groups in total. The molecule has 0 bridgehead atoms. The molecular formula is C25H30N4O2. The second-order valence-corrected chi connectivity index (χ2v) is 7.99. The fraction of sp³-hybridized carbons (Fsp3) is 0.400. The number of rotatable bonds is 10. The molecule has 0 fully saturated rings. The first-order valence-corrected chi connectivity index (χ1v) is 11.3. The first-order chi connectivity index (χ1) is 15.2.